The number of nitrogens with zero attached hydrogens (tertiary/aromatic N) is 1. The van der Waals surface area contributed by atoms with Crippen LogP contribution in [0.25, 0.3) is 0 Å². The van der Waals surface area contributed by atoms with Crippen LogP contribution < -0.4 is 10.6 Å². The zero-order valence-electron chi connectivity index (χ0n) is 13.4. The summed E-state index contributed by atoms with van der Waals surface area (Å²) in [4.78, 5) is 14.8. The van der Waals surface area contributed by atoms with Gasteiger partial charge in [-0.1, -0.05) is 27.7 Å². The number of carbonyl (C=O) groups is 1. The smallest absolute Gasteiger partial charge is 0.227 e. The van der Waals surface area contributed by atoms with Crippen molar-refractivity contribution in [3.63, 3.8) is 0 Å². The molecule has 0 aromatic carbocycles. The van der Waals surface area contributed by atoms with Crippen molar-refractivity contribution in [2.24, 2.45) is 17.3 Å². The normalized spacial score (nSPS) is 25.3. The lowest BCUT2D eigenvalue weighted by atomic mass is 9.75. The van der Waals surface area contributed by atoms with Gasteiger partial charge in [0.05, 0.1) is 5.41 Å². The van der Waals surface area contributed by atoms with Crippen LogP contribution in [0.3, 0.4) is 0 Å². The average Bonchev–Trinajstić information content (AvgIpc) is 2.78. The number of hydrogen-bond acceptors (Lipinski definition) is 3. The predicted molar refractivity (Wildman–Crippen MR) is 80.1 cm³/mol. The average molecular weight is 269 g/mol. The van der Waals surface area contributed by atoms with Crippen LogP contribution in [-0.2, 0) is 4.79 Å². The molecule has 0 bridgehead atoms. The molecule has 1 aliphatic rings. The molecule has 4 nitrogen and oxygen atoms in total. The Morgan fingerprint density at radius 1 is 1.32 bits per heavy atom. The predicted octanol–water partition coefficient (Wildman–Crippen LogP) is 1.32. The van der Waals surface area contributed by atoms with Gasteiger partial charge >= 0.3 is 0 Å². The zero-order valence-corrected chi connectivity index (χ0v) is 13.4. The molecule has 0 radical (unpaired) electrons. The van der Waals surface area contributed by atoms with Crippen molar-refractivity contribution in [1.82, 2.24) is 15.5 Å². The van der Waals surface area contributed by atoms with Gasteiger partial charge in [-0.3, -0.25) is 4.79 Å². The van der Waals surface area contributed by atoms with Crippen molar-refractivity contribution in [3.8, 4) is 0 Å². The van der Waals surface area contributed by atoms with Crippen LogP contribution in [0.4, 0.5) is 0 Å². The maximum Gasteiger partial charge on any atom is 0.227 e. The molecule has 0 aromatic heterocycles. The maximum atomic E-state index is 12.6. The van der Waals surface area contributed by atoms with Gasteiger partial charge in [0, 0.05) is 19.1 Å². The van der Waals surface area contributed by atoms with Crippen molar-refractivity contribution in [1.29, 1.82) is 0 Å². The van der Waals surface area contributed by atoms with Crippen molar-refractivity contribution in [2.45, 2.75) is 40.2 Å². The van der Waals surface area contributed by atoms with Gasteiger partial charge < -0.3 is 15.5 Å². The number of amides is 1. The molecule has 19 heavy (non-hydrogen) atoms. The maximum absolute atomic E-state index is 12.6. The number of rotatable bonds is 6. The van der Waals surface area contributed by atoms with Crippen LogP contribution in [0.1, 0.15) is 34.1 Å². The molecule has 1 heterocycles. The second-order valence-electron chi connectivity index (χ2n) is 6.72. The van der Waals surface area contributed by atoms with Crippen LogP contribution in [0, 0.1) is 17.3 Å². The van der Waals surface area contributed by atoms with E-state index < -0.39 is 0 Å². The van der Waals surface area contributed by atoms with Gasteiger partial charge in [0.1, 0.15) is 0 Å². The fourth-order valence-electron chi connectivity index (χ4n) is 3.05. The van der Waals surface area contributed by atoms with E-state index in [2.05, 4.69) is 57.3 Å². The quantitative estimate of drug-likeness (QED) is 0.764. The van der Waals surface area contributed by atoms with E-state index in [1.54, 1.807) is 0 Å². The van der Waals surface area contributed by atoms with E-state index in [4.69, 9.17) is 0 Å². The Labute approximate surface area is 118 Å². The standard InChI is InChI=1S/C15H31N3O/c1-11(2)13(18(5)6)9-17-14(19)15(12(3)4)7-8-16-10-15/h11-13,16H,7-10H2,1-6H3,(H,17,19). The van der Waals surface area contributed by atoms with Gasteiger partial charge in [-0.15, -0.1) is 0 Å². The molecule has 2 N–H and O–H groups in total. The van der Waals surface area contributed by atoms with Crippen LogP contribution in [0.5, 0.6) is 0 Å². The summed E-state index contributed by atoms with van der Waals surface area (Å²) in [6.07, 6.45) is 0.949. The van der Waals surface area contributed by atoms with Crippen LogP contribution in [0.15, 0.2) is 0 Å². The highest BCUT2D eigenvalue weighted by atomic mass is 16.2. The lowest BCUT2D eigenvalue weighted by Crippen LogP contribution is -2.50. The highest BCUT2D eigenvalue weighted by molar-refractivity contribution is 5.83. The minimum Gasteiger partial charge on any atom is -0.354 e. The first-order valence-electron chi connectivity index (χ1n) is 7.46. The molecule has 1 fully saturated rings. The Morgan fingerprint density at radius 3 is 2.32 bits per heavy atom. The van der Waals surface area contributed by atoms with Gasteiger partial charge in [-0.2, -0.15) is 0 Å². The van der Waals surface area contributed by atoms with E-state index >= 15 is 0 Å². The third-order valence-corrected chi connectivity index (χ3v) is 4.65. The van der Waals surface area contributed by atoms with Crippen LogP contribution in [0.2, 0.25) is 0 Å². The van der Waals surface area contributed by atoms with Gasteiger partial charge in [-0.05, 0) is 38.9 Å². The minimum atomic E-state index is -0.214. The first-order chi connectivity index (χ1) is 8.81. The molecule has 0 aromatic rings. The van der Waals surface area contributed by atoms with E-state index in [-0.39, 0.29) is 11.3 Å². The van der Waals surface area contributed by atoms with E-state index in [0.717, 1.165) is 26.1 Å². The van der Waals surface area contributed by atoms with Crippen LogP contribution in [-0.4, -0.2) is 50.6 Å². The summed E-state index contributed by atoms with van der Waals surface area (Å²) in [5.74, 6) is 1.13. The van der Waals surface area contributed by atoms with Gasteiger partial charge in [0.2, 0.25) is 5.91 Å². The van der Waals surface area contributed by atoms with Gasteiger partial charge in [-0.25, -0.2) is 0 Å². The third kappa shape index (κ3) is 3.69. The molecule has 0 aliphatic carbocycles. The molecule has 0 spiro atoms. The largest absolute Gasteiger partial charge is 0.354 e. The topological polar surface area (TPSA) is 44.4 Å². The summed E-state index contributed by atoms with van der Waals surface area (Å²) in [5, 5.41) is 6.53. The second kappa shape index (κ2) is 6.71. The Kier molecular flexibility index (Phi) is 5.81. The monoisotopic (exact) mass is 269 g/mol. The summed E-state index contributed by atoms with van der Waals surface area (Å²) >= 11 is 0. The number of hydrogen-bond donors (Lipinski definition) is 2. The molecule has 1 saturated heterocycles. The molecule has 1 aliphatic heterocycles. The van der Waals surface area contributed by atoms with E-state index in [9.17, 15) is 4.79 Å². The summed E-state index contributed by atoms with van der Waals surface area (Å²) < 4.78 is 0. The van der Waals surface area contributed by atoms with Crippen LogP contribution >= 0.6 is 0 Å². The molecule has 112 valence electrons. The molecule has 0 saturated carbocycles. The number of likely N-dealkylation sites (N-methyl/N-ethyl adjacent to an activating group) is 1. The molecule has 1 rings (SSSR count). The van der Waals surface area contributed by atoms with E-state index in [0.29, 0.717) is 17.9 Å². The molecular weight excluding hydrogens is 238 g/mol. The number of nitrogens with one attached hydrogen (secondary N) is 2. The van der Waals surface area contributed by atoms with Crippen molar-refractivity contribution >= 4 is 5.91 Å². The first kappa shape index (κ1) is 16.4. The molecule has 4 heteroatoms. The highest BCUT2D eigenvalue weighted by Gasteiger charge is 2.43. The summed E-state index contributed by atoms with van der Waals surface area (Å²) in [5.41, 5.74) is -0.214. The lowest BCUT2D eigenvalue weighted by molar-refractivity contribution is -0.132. The third-order valence-electron chi connectivity index (χ3n) is 4.65. The van der Waals surface area contributed by atoms with Gasteiger partial charge in [0.25, 0.3) is 0 Å². The lowest BCUT2D eigenvalue weighted by Gasteiger charge is -2.34. The second-order valence-corrected chi connectivity index (χ2v) is 6.72. The van der Waals surface area contributed by atoms with E-state index in [1.807, 2.05) is 0 Å². The highest BCUT2D eigenvalue weighted by Crippen LogP contribution is 2.34. The first-order valence-corrected chi connectivity index (χ1v) is 7.46. The minimum absolute atomic E-state index is 0.214. The van der Waals surface area contributed by atoms with Gasteiger partial charge in [0.15, 0.2) is 0 Å². The summed E-state index contributed by atoms with van der Waals surface area (Å²) in [7, 11) is 4.15. The fraction of sp³-hybridized carbons (Fsp3) is 0.933. The van der Waals surface area contributed by atoms with E-state index in [1.165, 1.54) is 0 Å². The molecule has 2 atom stereocenters. The SMILES string of the molecule is CC(C)C(CNC(=O)C1(C(C)C)CCNC1)N(C)C. The van der Waals surface area contributed by atoms with Crippen molar-refractivity contribution in [2.75, 3.05) is 33.7 Å². The van der Waals surface area contributed by atoms with Crippen molar-refractivity contribution in [3.05, 3.63) is 0 Å². The zero-order chi connectivity index (χ0) is 14.6. The molecular formula is C15H31N3O. The Balaban J connectivity index is 2.63. The number of carbonyl (C=O) groups excluding carboxylic acids is 1. The van der Waals surface area contributed by atoms with Crippen molar-refractivity contribution < 1.29 is 4.79 Å². The Bertz CT molecular complexity index is 286. The molecule has 2 unspecified atom stereocenters. The summed E-state index contributed by atoms with van der Waals surface area (Å²) in [6, 6.07) is 0.391. The Morgan fingerprint density at radius 2 is 1.95 bits per heavy atom. The Hall–Kier alpha value is -0.610. The summed E-state index contributed by atoms with van der Waals surface area (Å²) in [6.45, 7) is 11.2. The molecule has 1 amide bonds. The fourth-order valence-corrected chi connectivity index (χ4v) is 3.05.